The number of hydrogen-bond acceptors (Lipinski definition) is 0. The highest BCUT2D eigenvalue weighted by Gasteiger charge is 2.28. The maximum absolute atomic E-state index is 2.37. The van der Waals surface area contributed by atoms with Crippen LogP contribution in [0.1, 0.15) is 44.2 Å². The molecule has 0 spiro atoms. The van der Waals surface area contributed by atoms with Crippen molar-refractivity contribution in [3.05, 3.63) is 41.0 Å². The minimum atomic E-state index is 0.845. The van der Waals surface area contributed by atoms with Crippen molar-refractivity contribution in [1.29, 1.82) is 0 Å². The summed E-state index contributed by atoms with van der Waals surface area (Å²) < 4.78 is 0. The molecule has 1 aromatic rings. The summed E-state index contributed by atoms with van der Waals surface area (Å²) in [5.74, 6) is 1.77. The van der Waals surface area contributed by atoms with Crippen molar-refractivity contribution >= 4 is 5.57 Å². The molecule has 0 heterocycles. The minimum Gasteiger partial charge on any atom is -0.0625 e. The van der Waals surface area contributed by atoms with Crippen molar-refractivity contribution in [2.75, 3.05) is 0 Å². The molecule has 3 rings (SSSR count). The van der Waals surface area contributed by atoms with Crippen LogP contribution in [-0.4, -0.2) is 0 Å². The highest BCUT2D eigenvalue weighted by atomic mass is 14.3. The molecule has 0 N–H and O–H groups in total. The van der Waals surface area contributed by atoms with Gasteiger partial charge >= 0.3 is 0 Å². The summed E-state index contributed by atoms with van der Waals surface area (Å²) in [7, 11) is 0. The molecular weight excluding hydrogens is 192 g/mol. The number of rotatable bonds is 1. The lowest BCUT2D eigenvalue weighted by atomic mass is 9.78. The summed E-state index contributed by atoms with van der Waals surface area (Å²) in [4.78, 5) is 0. The molecule has 1 unspecified atom stereocenters. The normalized spacial score (nSPS) is 23.6. The van der Waals surface area contributed by atoms with Gasteiger partial charge in [-0.15, -0.1) is 0 Å². The molecular formula is C16H20. The van der Waals surface area contributed by atoms with Gasteiger partial charge in [-0.1, -0.05) is 43.7 Å². The van der Waals surface area contributed by atoms with Gasteiger partial charge in [0.15, 0.2) is 0 Å². The standard InChI is InChI=1S/C16H20/c1-11(2)12-7-8-16-14(9-12)10-13-5-3-4-6-15(13)16/h3-6,11-12H,7-10H2,1-2H3. The van der Waals surface area contributed by atoms with Crippen LogP contribution in [0.2, 0.25) is 0 Å². The maximum Gasteiger partial charge on any atom is -0.00549 e. The van der Waals surface area contributed by atoms with Crippen molar-refractivity contribution in [2.24, 2.45) is 11.8 Å². The summed E-state index contributed by atoms with van der Waals surface area (Å²) in [5, 5.41) is 0. The SMILES string of the molecule is CC(C)C1CCC2=C(Cc3ccccc32)C1. The van der Waals surface area contributed by atoms with Crippen molar-refractivity contribution in [1.82, 2.24) is 0 Å². The van der Waals surface area contributed by atoms with Gasteiger partial charge in [0.2, 0.25) is 0 Å². The number of hydrogen-bond donors (Lipinski definition) is 0. The van der Waals surface area contributed by atoms with Crippen LogP contribution in [0.15, 0.2) is 29.8 Å². The first-order valence-electron chi connectivity index (χ1n) is 6.55. The Morgan fingerprint density at radius 2 is 2.00 bits per heavy atom. The molecule has 0 aliphatic heterocycles. The molecule has 0 amide bonds. The third-order valence-electron chi connectivity index (χ3n) is 4.39. The highest BCUT2D eigenvalue weighted by molar-refractivity contribution is 5.77. The van der Waals surface area contributed by atoms with Crippen molar-refractivity contribution in [3.63, 3.8) is 0 Å². The van der Waals surface area contributed by atoms with E-state index < -0.39 is 0 Å². The summed E-state index contributed by atoms with van der Waals surface area (Å²) in [5.41, 5.74) is 6.55. The van der Waals surface area contributed by atoms with E-state index in [1.807, 2.05) is 0 Å². The molecule has 0 aromatic heterocycles. The quantitative estimate of drug-likeness (QED) is 0.645. The molecule has 16 heavy (non-hydrogen) atoms. The van der Waals surface area contributed by atoms with Crippen LogP contribution in [0.5, 0.6) is 0 Å². The van der Waals surface area contributed by atoms with E-state index in [1.165, 1.54) is 25.7 Å². The second-order valence-electron chi connectivity index (χ2n) is 5.66. The zero-order valence-corrected chi connectivity index (χ0v) is 10.3. The Bertz CT molecular complexity index is 437. The average Bonchev–Trinajstić information content (AvgIpc) is 2.66. The zero-order chi connectivity index (χ0) is 11.1. The van der Waals surface area contributed by atoms with E-state index in [9.17, 15) is 0 Å². The molecule has 2 aliphatic carbocycles. The Morgan fingerprint density at radius 3 is 2.81 bits per heavy atom. The van der Waals surface area contributed by atoms with E-state index in [2.05, 4.69) is 38.1 Å². The van der Waals surface area contributed by atoms with Crippen LogP contribution in [0, 0.1) is 11.8 Å². The topological polar surface area (TPSA) is 0 Å². The molecule has 2 aliphatic rings. The molecule has 0 heteroatoms. The van der Waals surface area contributed by atoms with Gasteiger partial charge in [-0.2, -0.15) is 0 Å². The molecule has 0 radical (unpaired) electrons. The smallest absolute Gasteiger partial charge is 0.00549 e. The van der Waals surface area contributed by atoms with Gasteiger partial charge in [0.25, 0.3) is 0 Å². The third-order valence-corrected chi connectivity index (χ3v) is 4.39. The third kappa shape index (κ3) is 1.52. The average molecular weight is 212 g/mol. The summed E-state index contributed by atoms with van der Waals surface area (Å²) in [6.07, 6.45) is 5.29. The van der Waals surface area contributed by atoms with Crippen molar-refractivity contribution < 1.29 is 0 Å². The Kier molecular flexibility index (Phi) is 2.38. The summed E-state index contributed by atoms with van der Waals surface area (Å²) in [6.45, 7) is 4.75. The molecule has 1 aromatic carbocycles. The first-order valence-corrected chi connectivity index (χ1v) is 6.55. The molecule has 0 fully saturated rings. The van der Waals surface area contributed by atoms with Crippen LogP contribution in [0.3, 0.4) is 0 Å². The maximum atomic E-state index is 2.37. The summed E-state index contributed by atoms with van der Waals surface area (Å²) >= 11 is 0. The molecule has 0 saturated carbocycles. The van der Waals surface area contributed by atoms with Crippen LogP contribution < -0.4 is 0 Å². The first-order chi connectivity index (χ1) is 7.75. The minimum absolute atomic E-state index is 0.845. The van der Waals surface area contributed by atoms with Crippen molar-refractivity contribution in [3.8, 4) is 0 Å². The zero-order valence-electron chi connectivity index (χ0n) is 10.3. The summed E-state index contributed by atoms with van der Waals surface area (Å²) in [6, 6.07) is 8.98. The molecule has 1 atom stereocenters. The Morgan fingerprint density at radius 1 is 1.19 bits per heavy atom. The fourth-order valence-electron chi connectivity index (χ4n) is 3.32. The second-order valence-corrected chi connectivity index (χ2v) is 5.66. The lowest BCUT2D eigenvalue weighted by Gasteiger charge is -2.27. The van der Waals surface area contributed by atoms with Crippen LogP contribution in [0.25, 0.3) is 5.57 Å². The van der Waals surface area contributed by atoms with Crippen molar-refractivity contribution in [2.45, 2.75) is 39.5 Å². The van der Waals surface area contributed by atoms with Gasteiger partial charge < -0.3 is 0 Å². The van der Waals surface area contributed by atoms with E-state index in [0.29, 0.717) is 0 Å². The van der Waals surface area contributed by atoms with Crippen LogP contribution >= 0.6 is 0 Å². The van der Waals surface area contributed by atoms with E-state index in [1.54, 1.807) is 22.3 Å². The molecule has 0 bridgehead atoms. The Hall–Kier alpha value is -1.04. The van der Waals surface area contributed by atoms with Gasteiger partial charge in [0.1, 0.15) is 0 Å². The number of fused-ring (bicyclic) bond motifs is 2. The second kappa shape index (κ2) is 3.76. The Labute approximate surface area is 98.4 Å². The van der Waals surface area contributed by atoms with E-state index >= 15 is 0 Å². The van der Waals surface area contributed by atoms with E-state index in [0.717, 1.165) is 11.8 Å². The van der Waals surface area contributed by atoms with Crippen LogP contribution in [-0.2, 0) is 6.42 Å². The van der Waals surface area contributed by atoms with Gasteiger partial charge in [-0.05, 0) is 54.2 Å². The van der Waals surface area contributed by atoms with E-state index in [-0.39, 0.29) is 0 Å². The first kappa shape index (κ1) is 10.1. The molecule has 0 saturated heterocycles. The van der Waals surface area contributed by atoms with Gasteiger partial charge in [0.05, 0.1) is 0 Å². The molecule has 84 valence electrons. The molecule has 0 nitrogen and oxygen atoms in total. The Balaban J connectivity index is 1.91. The fraction of sp³-hybridized carbons (Fsp3) is 0.500. The predicted octanol–water partition coefficient (Wildman–Crippen LogP) is 4.45. The lowest BCUT2D eigenvalue weighted by Crippen LogP contribution is -2.14. The number of allylic oxidation sites excluding steroid dienone is 2. The number of benzene rings is 1. The largest absolute Gasteiger partial charge is 0.0625 e. The van der Waals surface area contributed by atoms with Gasteiger partial charge in [-0.3, -0.25) is 0 Å². The van der Waals surface area contributed by atoms with E-state index in [4.69, 9.17) is 0 Å². The van der Waals surface area contributed by atoms with Crippen LogP contribution in [0.4, 0.5) is 0 Å². The monoisotopic (exact) mass is 212 g/mol. The fourth-order valence-corrected chi connectivity index (χ4v) is 3.32. The predicted molar refractivity (Wildman–Crippen MR) is 69.2 cm³/mol. The van der Waals surface area contributed by atoms with Gasteiger partial charge in [0, 0.05) is 0 Å². The highest BCUT2D eigenvalue weighted by Crippen LogP contribution is 2.44. The lowest BCUT2D eigenvalue weighted by molar-refractivity contribution is 0.350. The van der Waals surface area contributed by atoms with Gasteiger partial charge in [-0.25, -0.2) is 0 Å².